The van der Waals surface area contributed by atoms with Gasteiger partial charge in [-0.2, -0.15) is 0 Å². The highest BCUT2D eigenvalue weighted by Crippen LogP contribution is 2.27. The molecule has 1 saturated heterocycles. The van der Waals surface area contributed by atoms with Gasteiger partial charge < -0.3 is 0 Å². The van der Waals surface area contributed by atoms with Gasteiger partial charge in [-0.3, -0.25) is 14.8 Å². The number of aryl methyl sites for hydroxylation is 1. The fourth-order valence-corrected chi connectivity index (χ4v) is 3.93. The summed E-state index contributed by atoms with van der Waals surface area (Å²) in [6.45, 7) is 6.45. The summed E-state index contributed by atoms with van der Waals surface area (Å²) in [5, 5.41) is 3.26. The number of aromatic amines is 1. The Labute approximate surface area is 151 Å². The summed E-state index contributed by atoms with van der Waals surface area (Å²) >= 11 is 0. The molecule has 5 nitrogen and oxygen atoms in total. The molecule has 4 rings (SSSR count). The van der Waals surface area contributed by atoms with E-state index in [4.69, 9.17) is 0 Å². The second-order valence-electron chi connectivity index (χ2n) is 7.09. The Kier molecular flexibility index (Phi) is 4.36. The number of aromatic nitrogens is 3. The molecular formula is C20H23FN4O. The van der Waals surface area contributed by atoms with Crippen LogP contribution in [-0.2, 0) is 13.0 Å². The van der Waals surface area contributed by atoms with Crippen LogP contribution in [0.15, 0.2) is 35.1 Å². The molecule has 1 fully saturated rings. The maximum Gasteiger partial charge on any atom is 0.276 e. The lowest BCUT2D eigenvalue weighted by atomic mass is 10.1. The summed E-state index contributed by atoms with van der Waals surface area (Å²) in [5.41, 5.74) is 4.28. The lowest BCUT2D eigenvalue weighted by molar-refractivity contribution is 0.325. The molecule has 0 amide bonds. The SMILES string of the molecule is CCc1c(C)nc2cc([C@H]3CCN(Cc4cccc(F)c4)C3)[nH]n2c1=O. The largest absolute Gasteiger partial charge is 0.298 e. The van der Waals surface area contributed by atoms with Gasteiger partial charge in [0.05, 0.1) is 0 Å². The number of halogens is 1. The molecule has 0 radical (unpaired) electrons. The number of fused-ring (bicyclic) bond motifs is 1. The summed E-state index contributed by atoms with van der Waals surface area (Å²) in [4.78, 5) is 19.5. The van der Waals surface area contributed by atoms with Gasteiger partial charge in [-0.25, -0.2) is 13.9 Å². The summed E-state index contributed by atoms with van der Waals surface area (Å²) < 4.78 is 14.9. The number of H-pyrrole nitrogens is 1. The van der Waals surface area contributed by atoms with E-state index in [1.54, 1.807) is 16.6 Å². The molecule has 3 heterocycles. The first-order valence-electron chi connectivity index (χ1n) is 9.13. The van der Waals surface area contributed by atoms with E-state index in [0.717, 1.165) is 48.6 Å². The van der Waals surface area contributed by atoms with Crippen LogP contribution in [0.1, 0.15) is 41.8 Å². The second-order valence-corrected chi connectivity index (χ2v) is 7.09. The highest BCUT2D eigenvalue weighted by molar-refractivity contribution is 5.42. The second kappa shape index (κ2) is 6.68. The third-order valence-electron chi connectivity index (χ3n) is 5.30. The Morgan fingerprint density at radius 1 is 1.35 bits per heavy atom. The van der Waals surface area contributed by atoms with Crippen LogP contribution in [0.5, 0.6) is 0 Å². The molecule has 0 spiro atoms. The van der Waals surface area contributed by atoms with Crippen LogP contribution in [0.4, 0.5) is 4.39 Å². The van der Waals surface area contributed by atoms with Crippen molar-refractivity contribution < 1.29 is 4.39 Å². The molecular weight excluding hydrogens is 331 g/mol. The average Bonchev–Trinajstić information content (AvgIpc) is 3.22. The van der Waals surface area contributed by atoms with Gasteiger partial charge in [-0.15, -0.1) is 0 Å². The van der Waals surface area contributed by atoms with Gasteiger partial charge in [-0.1, -0.05) is 19.1 Å². The van der Waals surface area contributed by atoms with E-state index in [0.29, 0.717) is 18.0 Å². The van der Waals surface area contributed by atoms with Gasteiger partial charge in [0.1, 0.15) is 5.82 Å². The Bertz CT molecular complexity index is 1010. The summed E-state index contributed by atoms with van der Waals surface area (Å²) in [7, 11) is 0. The molecule has 1 aliphatic heterocycles. The predicted molar refractivity (Wildman–Crippen MR) is 99.0 cm³/mol. The van der Waals surface area contributed by atoms with Crippen LogP contribution >= 0.6 is 0 Å². The lowest BCUT2D eigenvalue weighted by Gasteiger charge is -2.15. The van der Waals surface area contributed by atoms with E-state index in [1.165, 1.54) is 6.07 Å². The van der Waals surface area contributed by atoms with E-state index in [1.807, 2.05) is 26.0 Å². The molecule has 1 aliphatic rings. The smallest absolute Gasteiger partial charge is 0.276 e. The van der Waals surface area contributed by atoms with E-state index >= 15 is 0 Å². The van der Waals surface area contributed by atoms with Crippen LogP contribution in [0.3, 0.4) is 0 Å². The van der Waals surface area contributed by atoms with Crippen molar-refractivity contribution in [2.75, 3.05) is 13.1 Å². The molecule has 26 heavy (non-hydrogen) atoms. The first-order valence-corrected chi connectivity index (χ1v) is 9.13. The van der Waals surface area contributed by atoms with E-state index in [9.17, 15) is 9.18 Å². The van der Waals surface area contributed by atoms with Crippen molar-refractivity contribution in [2.24, 2.45) is 0 Å². The minimum absolute atomic E-state index is 0.00383. The normalized spacial score (nSPS) is 18.0. The third kappa shape index (κ3) is 3.05. The topological polar surface area (TPSA) is 53.4 Å². The quantitative estimate of drug-likeness (QED) is 0.784. The average molecular weight is 354 g/mol. The van der Waals surface area contributed by atoms with Crippen molar-refractivity contribution in [3.63, 3.8) is 0 Å². The molecule has 2 aromatic heterocycles. The lowest BCUT2D eigenvalue weighted by Crippen LogP contribution is -2.22. The van der Waals surface area contributed by atoms with Crippen LogP contribution in [-0.4, -0.2) is 32.6 Å². The fourth-order valence-electron chi connectivity index (χ4n) is 3.93. The van der Waals surface area contributed by atoms with Crippen LogP contribution in [0.25, 0.3) is 5.65 Å². The zero-order chi connectivity index (χ0) is 18.3. The van der Waals surface area contributed by atoms with Crippen molar-refractivity contribution in [3.05, 3.63) is 69.0 Å². The minimum atomic E-state index is -0.193. The molecule has 6 heteroatoms. The molecule has 136 valence electrons. The molecule has 0 unspecified atom stereocenters. The van der Waals surface area contributed by atoms with E-state index in [-0.39, 0.29) is 11.4 Å². The summed E-state index contributed by atoms with van der Waals surface area (Å²) in [6.07, 6.45) is 1.69. The Hall–Kier alpha value is -2.47. The van der Waals surface area contributed by atoms with Crippen LogP contribution < -0.4 is 5.56 Å². The van der Waals surface area contributed by atoms with Gasteiger partial charge in [-0.05, 0) is 44.0 Å². The highest BCUT2D eigenvalue weighted by atomic mass is 19.1. The Balaban J connectivity index is 1.55. The monoisotopic (exact) mass is 354 g/mol. The number of hydrogen-bond donors (Lipinski definition) is 1. The number of rotatable bonds is 4. The predicted octanol–water partition coefficient (Wildman–Crippen LogP) is 3.02. The Morgan fingerprint density at radius 2 is 2.19 bits per heavy atom. The van der Waals surface area contributed by atoms with Crippen LogP contribution in [0, 0.1) is 12.7 Å². The van der Waals surface area contributed by atoms with E-state index < -0.39 is 0 Å². The molecule has 0 saturated carbocycles. The summed E-state index contributed by atoms with van der Waals surface area (Å²) in [6, 6.07) is 8.76. The van der Waals surface area contributed by atoms with Crippen molar-refractivity contribution in [1.82, 2.24) is 19.5 Å². The number of likely N-dealkylation sites (tertiary alicyclic amines) is 1. The van der Waals surface area contributed by atoms with Crippen molar-refractivity contribution in [2.45, 2.75) is 39.2 Å². The highest BCUT2D eigenvalue weighted by Gasteiger charge is 2.26. The number of hydrogen-bond acceptors (Lipinski definition) is 3. The van der Waals surface area contributed by atoms with Crippen molar-refractivity contribution >= 4 is 5.65 Å². The Morgan fingerprint density at radius 3 is 2.96 bits per heavy atom. The number of nitrogens with zero attached hydrogens (tertiary/aromatic N) is 3. The van der Waals surface area contributed by atoms with Crippen molar-refractivity contribution in [1.29, 1.82) is 0 Å². The maximum atomic E-state index is 13.4. The third-order valence-corrected chi connectivity index (χ3v) is 5.30. The number of nitrogens with one attached hydrogen (secondary N) is 1. The minimum Gasteiger partial charge on any atom is -0.298 e. The van der Waals surface area contributed by atoms with E-state index in [2.05, 4.69) is 15.0 Å². The number of benzene rings is 1. The zero-order valence-corrected chi connectivity index (χ0v) is 15.1. The van der Waals surface area contributed by atoms with Gasteiger partial charge in [0, 0.05) is 42.0 Å². The van der Waals surface area contributed by atoms with Gasteiger partial charge in [0.15, 0.2) is 5.65 Å². The van der Waals surface area contributed by atoms with Gasteiger partial charge in [0.2, 0.25) is 0 Å². The zero-order valence-electron chi connectivity index (χ0n) is 15.1. The molecule has 1 atom stereocenters. The molecule has 0 bridgehead atoms. The van der Waals surface area contributed by atoms with Crippen molar-refractivity contribution in [3.8, 4) is 0 Å². The molecule has 1 aromatic carbocycles. The first-order chi connectivity index (χ1) is 12.5. The first kappa shape index (κ1) is 17.0. The summed E-state index contributed by atoms with van der Waals surface area (Å²) in [5.74, 6) is 0.136. The maximum absolute atomic E-state index is 13.4. The molecule has 0 aliphatic carbocycles. The van der Waals surface area contributed by atoms with Gasteiger partial charge in [0.25, 0.3) is 5.56 Å². The van der Waals surface area contributed by atoms with Gasteiger partial charge >= 0.3 is 0 Å². The molecule has 3 aromatic rings. The molecule has 1 N–H and O–H groups in total. The standard InChI is InChI=1S/C20H23FN4O/c1-3-17-13(2)22-19-10-18(23-25(19)20(17)26)15-7-8-24(12-15)11-14-5-4-6-16(21)9-14/h4-6,9-10,15,23H,3,7-8,11-12H2,1-2H3/t15-/m0/s1. The van der Waals surface area contributed by atoms with Crippen LogP contribution in [0.2, 0.25) is 0 Å². The fraction of sp³-hybridized carbons (Fsp3) is 0.400.